The molecule has 0 atom stereocenters. The van der Waals surface area contributed by atoms with Gasteiger partial charge in [0.25, 0.3) is 0 Å². The van der Waals surface area contributed by atoms with Crippen LogP contribution in [0.15, 0.2) is 48.5 Å². The lowest BCUT2D eigenvalue weighted by molar-refractivity contribution is -0.119. The van der Waals surface area contributed by atoms with Crippen LogP contribution >= 0.6 is 0 Å². The molecule has 0 bridgehead atoms. The summed E-state index contributed by atoms with van der Waals surface area (Å²) in [7, 11) is 0. The van der Waals surface area contributed by atoms with Gasteiger partial charge in [-0.1, -0.05) is 62.1 Å². The summed E-state index contributed by atoms with van der Waals surface area (Å²) in [6.45, 7) is 1.65. The molecule has 2 aromatic carbocycles. The molecule has 2 aromatic rings. The number of fused-ring (bicyclic) bond motifs is 2. The first kappa shape index (κ1) is 20.6. The summed E-state index contributed by atoms with van der Waals surface area (Å²) in [6, 6.07) is 16.5. The Bertz CT molecular complexity index is 819. The fraction of sp³-hybridized carbons (Fsp3) is 0.462. The van der Waals surface area contributed by atoms with Gasteiger partial charge in [-0.25, -0.2) is 0 Å². The van der Waals surface area contributed by atoms with E-state index < -0.39 is 0 Å². The number of nitrogens with zero attached hydrogens (tertiary/aromatic N) is 2. The van der Waals surface area contributed by atoms with Crippen LogP contribution < -0.4 is 9.80 Å². The normalized spacial score (nSPS) is 14.7. The van der Waals surface area contributed by atoms with E-state index in [1.54, 1.807) is 0 Å². The van der Waals surface area contributed by atoms with Crippen molar-refractivity contribution < 1.29 is 9.59 Å². The molecule has 158 valence electrons. The van der Waals surface area contributed by atoms with Crippen LogP contribution in [0.5, 0.6) is 0 Å². The summed E-state index contributed by atoms with van der Waals surface area (Å²) in [5.74, 6) is 0.521. The average molecular weight is 405 g/mol. The average Bonchev–Trinajstić information content (AvgIpc) is 3.39. The molecule has 2 aliphatic rings. The van der Waals surface area contributed by atoms with E-state index in [2.05, 4.69) is 24.3 Å². The molecule has 0 fully saturated rings. The minimum Gasteiger partial charge on any atom is -0.312 e. The summed E-state index contributed by atoms with van der Waals surface area (Å²) >= 11 is 0. The van der Waals surface area contributed by atoms with Crippen LogP contribution in [0.2, 0.25) is 0 Å². The van der Waals surface area contributed by atoms with Crippen LogP contribution in [0.4, 0.5) is 11.4 Å². The van der Waals surface area contributed by atoms with Gasteiger partial charge in [0.2, 0.25) is 11.8 Å². The van der Waals surface area contributed by atoms with Crippen molar-refractivity contribution in [3.8, 4) is 0 Å². The van der Waals surface area contributed by atoms with Crippen LogP contribution in [-0.4, -0.2) is 24.9 Å². The summed E-state index contributed by atoms with van der Waals surface area (Å²) in [6.07, 6.45) is 9.62. The highest BCUT2D eigenvalue weighted by Crippen LogP contribution is 2.29. The number of carbonyl (C=O) groups is 2. The van der Waals surface area contributed by atoms with Crippen molar-refractivity contribution in [3.63, 3.8) is 0 Å². The van der Waals surface area contributed by atoms with E-state index in [9.17, 15) is 9.59 Å². The lowest BCUT2D eigenvalue weighted by Gasteiger charge is -2.17. The van der Waals surface area contributed by atoms with Crippen molar-refractivity contribution in [1.29, 1.82) is 0 Å². The second-order valence-electron chi connectivity index (χ2n) is 8.47. The highest BCUT2D eigenvalue weighted by Gasteiger charge is 2.24. The van der Waals surface area contributed by atoms with Crippen LogP contribution in [0.25, 0.3) is 0 Å². The van der Waals surface area contributed by atoms with Gasteiger partial charge in [0.15, 0.2) is 0 Å². The third-order valence-corrected chi connectivity index (χ3v) is 6.41. The van der Waals surface area contributed by atoms with Crippen LogP contribution in [0.3, 0.4) is 0 Å². The minimum absolute atomic E-state index is 0.261. The fourth-order valence-corrected chi connectivity index (χ4v) is 4.72. The van der Waals surface area contributed by atoms with E-state index >= 15 is 0 Å². The lowest BCUT2D eigenvalue weighted by Crippen LogP contribution is -2.28. The molecule has 0 saturated carbocycles. The van der Waals surface area contributed by atoms with Crippen LogP contribution in [-0.2, 0) is 22.4 Å². The summed E-state index contributed by atoms with van der Waals surface area (Å²) in [4.78, 5) is 28.9. The van der Waals surface area contributed by atoms with Crippen molar-refractivity contribution >= 4 is 23.2 Å². The minimum atomic E-state index is 0.261. The van der Waals surface area contributed by atoms with Crippen molar-refractivity contribution in [1.82, 2.24) is 0 Å². The van der Waals surface area contributed by atoms with Crippen LogP contribution in [0.1, 0.15) is 62.5 Å². The van der Waals surface area contributed by atoms with E-state index in [1.165, 1.54) is 11.1 Å². The molecule has 4 rings (SSSR count). The number of anilines is 2. The predicted molar refractivity (Wildman–Crippen MR) is 122 cm³/mol. The van der Waals surface area contributed by atoms with E-state index in [1.807, 2.05) is 34.1 Å². The second kappa shape index (κ2) is 9.92. The zero-order valence-corrected chi connectivity index (χ0v) is 17.8. The highest BCUT2D eigenvalue weighted by atomic mass is 16.2. The third-order valence-electron chi connectivity index (χ3n) is 6.41. The first-order valence-electron chi connectivity index (χ1n) is 11.5. The van der Waals surface area contributed by atoms with Crippen molar-refractivity contribution in [2.24, 2.45) is 0 Å². The number of unbranched alkanes of at least 4 members (excludes halogenated alkanes) is 5. The van der Waals surface area contributed by atoms with E-state index in [4.69, 9.17) is 0 Å². The molecule has 4 nitrogen and oxygen atoms in total. The Kier molecular flexibility index (Phi) is 6.83. The Morgan fingerprint density at radius 2 is 1.00 bits per heavy atom. The maximum atomic E-state index is 12.5. The van der Waals surface area contributed by atoms with Gasteiger partial charge in [-0.2, -0.15) is 0 Å². The molecule has 0 spiro atoms. The van der Waals surface area contributed by atoms with Crippen molar-refractivity contribution in [2.75, 3.05) is 22.9 Å². The quantitative estimate of drug-likeness (QED) is 0.533. The number of hydrogen-bond acceptors (Lipinski definition) is 2. The van der Waals surface area contributed by atoms with Crippen molar-refractivity contribution in [2.45, 2.75) is 64.2 Å². The number of para-hydroxylation sites is 2. The third kappa shape index (κ3) is 4.75. The molecule has 4 heteroatoms. The molecule has 0 radical (unpaired) electrons. The molecule has 0 saturated heterocycles. The molecule has 2 amide bonds. The lowest BCUT2D eigenvalue weighted by atomic mass is 10.1. The number of carbonyl (C=O) groups excluding carboxylic acids is 2. The number of amides is 2. The number of rotatable bonds is 9. The molecular weight excluding hydrogens is 372 g/mol. The molecule has 0 aliphatic carbocycles. The smallest absolute Gasteiger partial charge is 0.226 e. The van der Waals surface area contributed by atoms with Gasteiger partial charge in [-0.15, -0.1) is 0 Å². The van der Waals surface area contributed by atoms with Gasteiger partial charge in [-0.3, -0.25) is 9.59 Å². The molecule has 0 N–H and O–H groups in total. The monoisotopic (exact) mass is 404 g/mol. The van der Waals surface area contributed by atoms with Gasteiger partial charge in [0, 0.05) is 37.3 Å². The Morgan fingerprint density at radius 1 is 0.600 bits per heavy atom. The predicted octanol–water partition coefficient (Wildman–Crippen LogP) is 5.29. The molecule has 2 heterocycles. The standard InChI is InChI=1S/C26H32N2O2/c29-25(27-19-17-21-11-7-9-13-23(21)27)15-5-3-1-2-4-6-16-26(30)28-20-18-22-12-8-10-14-24(22)28/h7-14H,1-6,15-20H2. The number of hydrogen-bond donors (Lipinski definition) is 0. The van der Waals surface area contributed by atoms with Gasteiger partial charge < -0.3 is 9.80 Å². The summed E-state index contributed by atoms with van der Waals surface area (Å²) in [5.41, 5.74) is 4.79. The molecule has 0 unspecified atom stereocenters. The Hall–Kier alpha value is -2.62. The molecule has 0 aromatic heterocycles. The molecule has 2 aliphatic heterocycles. The largest absolute Gasteiger partial charge is 0.312 e. The maximum Gasteiger partial charge on any atom is 0.226 e. The van der Waals surface area contributed by atoms with Gasteiger partial charge in [-0.05, 0) is 48.9 Å². The van der Waals surface area contributed by atoms with Crippen LogP contribution in [0, 0.1) is 0 Å². The molecule has 30 heavy (non-hydrogen) atoms. The highest BCUT2D eigenvalue weighted by molar-refractivity contribution is 5.96. The Labute approximate surface area is 179 Å². The van der Waals surface area contributed by atoms with E-state index in [0.29, 0.717) is 12.8 Å². The topological polar surface area (TPSA) is 40.6 Å². The zero-order valence-electron chi connectivity index (χ0n) is 17.8. The zero-order chi connectivity index (χ0) is 20.8. The number of benzene rings is 2. The maximum absolute atomic E-state index is 12.5. The van der Waals surface area contributed by atoms with Gasteiger partial charge >= 0.3 is 0 Å². The summed E-state index contributed by atoms with van der Waals surface area (Å²) < 4.78 is 0. The SMILES string of the molecule is O=C(CCCCCCCCC(=O)N1CCc2ccccc21)N1CCc2ccccc21. The van der Waals surface area contributed by atoms with Gasteiger partial charge in [0.05, 0.1) is 0 Å². The Morgan fingerprint density at radius 3 is 1.47 bits per heavy atom. The second-order valence-corrected chi connectivity index (χ2v) is 8.47. The van der Waals surface area contributed by atoms with E-state index in [-0.39, 0.29) is 11.8 Å². The van der Waals surface area contributed by atoms with E-state index in [0.717, 1.165) is 75.8 Å². The Balaban J connectivity index is 1.07. The molecular formula is C26H32N2O2. The van der Waals surface area contributed by atoms with Crippen molar-refractivity contribution in [3.05, 3.63) is 59.7 Å². The first-order valence-corrected chi connectivity index (χ1v) is 11.5. The first-order chi connectivity index (χ1) is 14.7. The fourth-order valence-electron chi connectivity index (χ4n) is 4.72. The summed E-state index contributed by atoms with van der Waals surface area (Å²) in [5, 5.41) is 0. The van der Waals surface area contributed by atoms with Gasteiger partial charge in [0.1, 0.15) is 0 Å².